The number of rotatable bonds is 3. The van der Waals surface area contributed by atoms with Crippen molar-refractivity contribution >= 4 is 16.9 Å². The highest BCUT2D eigenvalue weighted by Gasteiger charge is 2.26. The molecule has 29 heavy (non-hydrogen) atoms. The number of anilines is 1. The van der Waals surface area contributed by atoms with Crippen molar-refractivity contribution in [3.05, 3.63) is 88.9 Å². The van der Waals surface area contributed by atoms with Gasteiger partial charge in [-0.05, 0) is 52.1 Å². The maximum absolute atomic E-state index is 13.6. The van der Waals surface area contributed by atoms with Gasteiger partial charge in [0, 0.05) is 11.9 Å². The maximum atomic E-state index is 13.6. The summed E-state index contributed by atoms with van der Waals surface area (Å²) < 4.78 is 13.6. The van der Waals surface area contributed by atoms with Crippen molar-refractivity contribution in [1.29, 1.82) is 0 Å². The van der Waals surface area contributed by atoms with Gasteiger partial charge in [-0.2, -0.15) is 0 Å². The first-order valence-electron chi connectivity index (χ1n) is 9.42. The van der Waals surface area contributed by atoms with Crippen LogP contribution in [0.15, 0.2) is 60.7 Å². The Balaban J connectivity index is 1.71. The Morgan fingerprint density at radius 2 is 1.93 bits per heavy atom. The largest absolute Gasteiger partial charge is 0.392 e. The van der Waals surface area contributed by atoms with Crippen LogP contribution < -0.4 is 11.1 Å². The standard InChI is InChI=1S/C23H19FN4O/c24-16-6-7-17(15(9-16)12-29)13-5-8-20-19(10-13)22(28-23(25)27-20)21-18-4-2-1-3-14(18)11-26-21/h1-10,21,26,29H,11-12H2,(H2,25,27,28). The molecule has 0 amide bonds. The number of nitrogens with zero attached hydrogens (tertiary/aromatic N) is 2. The third-order valence-corrected chi connectivity index (χ3v) is 5.43. The lowest BCUT2D eigenvalue weighted by molar-refractivity contribution is 0.282. The number of nitrogen functional groups attached to an aromatic ring is 1. The summed E-state index contributed by atoms with van der Waals surface area (Å²) in [6.45, 7) is 0.520. The fourth-order valence-corrected chi connectivity index (χ4v) is 4.08. The molecule has 2 heterocycles. The molecule has 144 valence electrons. The van der Waals surface area contributed by atoms with Crippen LogP contribution in [0.3, 0.4) is 0 Å². The molecular weight excluding hydrogens is 367 g/mol. The predicted octanol–water partition coefficient (Wildman–Crippen LogP) is 3.70. The zero-order chi connectivity index (χ0) is 20.0. The van der Waals surface area contributed by atoms with Crippen LogP contribution in [0.4, 0.5) is 10.3 Å². The number of fused-ring (bicyclic) bond motifs is 2. The number of aliphatic hydroxyl groups excluding tert-OH is 1. The lowest BCUT2D eigenvalue weighted by Gasteiger charge is -2.16. The highest BCUT2D eigenvalue weighted by molar-refractivity contribution is 5.88. The Hall–Kier alpha value is -3.35. The van der Waals surface area contributed by atoms with Crippen molar-refractivity contribution in [2.24, 2.45) is 0 Å². The van der Waals surface area contributed by atoms with E-state index < -0.39 is 0 Å². The van der Waals surface area contributed by atoms with E-state index in [1.165, 1.54) is 23.3 Å². The summed E-state index contributed by atoms with van der Waals surface area (Å²) in [6.07, 6.45) is 0. The topological polar surface area (TPSA) is 84.1 Å². The summed E-state index contributed by atoms with van der Waals surface area (Å²) in [6, 6.07) is 18.4. The van der Waals surface area contributed by atoms with Gasteiger partial charge in [-0.1, -0.05) is 36.4 Å². The molecule has 6 heteroatoms. The minimum atomic E-state index is -0.373. The van der Waals surface area contributed by atoms with Gasteiger partial charge in [0.05, 0.1) is 23.9 Å². The highest BCUT2D eigenvalue weighted by Crippen LogP contribution is 2.35. The third kappa shape index (κ3) is 3.03. The van der Waals surface area contributed by atoms with E-state index in [0.717, 1.165) is 34.3 Å². The number of nitrogens with two attached hydrogens (primary N) is 1. The van der Waals surface area contributed by atoms with E-state index in [4.69, 9.17) is 5.73 Å². The quantitative estimate of drug-likeness (QED) is 0.500. The molecule has 0 aliphatic carbocycles. The van der Waals surface area contributed by atoms with Gasteiger partial charge in [-0.25, -0.2) is 14.4 Å². The minimum absolute atomic E-state index is 0.0835. The van der Waals surface area contributed by atoms with Gasteiger partial charge in [-0.15, -0.1) is 0 Å². The van der Waals surface area contributed by atoms with Crippen LogP contribution >= 0.6 is 0 Å². The summed E-state index contributed by atoms with van der Waals surface area (Å²) >= 11 is 0. The lowest BCUT2D eigenvalue weighted by atomic mass is 9.95. The molecule has 1 aliphatic rings. The molecule has 0 bridgehead atoms. The number of aliphatic hydroxyl groups is 1. The molecule has 5 nitrogen and oxygen atoms in total. The molecule has 1 aromatic heterocycles. The number of aromatic nitrogens is 2. The molecule has 1 unspecified atom stereocenters. The smallest absolute Gasteiger partial charge is 0.220 e. The van der Waals surface area contributed by atoms with Crippen LogP contribution in [0, 0.1) is 5.82 Å². The summed E-state index contributed by atoms with van der Waals surface area (Å²) in [5.41, 5.74) is 12.1. The normalized spacial score (nSPS) is 15.6. The number of hydrogen-bond donors (Lipinski definition) is 3. The van der Waals surface area contributed by atoms with Crippen LogP contribution in [0.1, 0.15) is 28.4 Å². The van der Waals surface area contributed by atoms with Gasteiger partial charge in [0.15, 0.2) is 0 Å². The molecule has 0 saturated heterocycles. The van der Waals surface area contributed by atoms with E-state index in [9.17, 15) is 9.50 Å². The molecule has 5 rings (SSSR count). The second-order valence-corrected chi connectivity index (χ2v) is 7.17. The molecule has 4 aromatic rings. The van der Waals surface area contributed by atoms with Gasteiger partial charge in [0.25, 0.3) is 0 Å². The van der Waals surface area contributed by atoms with Gasteiger partial charge in [0.1, 0.15) is 5.82 Å². The van der Waals surface area contributed by atoms with Crippen LogP contribution in [-0.2, 0) is 13.2 Å². The van der Waals surface area contributed by atoms with Crippen molar-refractivity contribution < 1.29 is 9.50 Å². The van der Waals surface area contributed by atoms with E-state index >= 15 is 0 Å². The summed E-state index contributed by atoms with van der Waals surface area (Å²) in [5.74, 6) is -0.147. The highest BCUT2D eigenvalue weighted by atomic mass is 19.1. The van der Waals surface area contributed by atoms with Crippen LogP contribution in [0.25, 0.3) is 22.0 Å². The number of benzene rings is 3. The zero-order valence-electron chi connectivity index (χ0n) is 15.6. The van der Waals surface area contributed by atoms with Crippen LogP contribution in [0.2, 0.25) is 0 Å². The molecule has 1 aliphatic heterocycles. The average molecular weight is 386 g/mol. The molecule has 0 saturated carbocycles. The van der Waals surface area contributed by atoms with E-state index in [1.807, 2.05) is 30.3 Å². The first kappa shape index (κ1) is 17.7. The minimum Gasteiger partial charge on any atom is -0.392 e. The lowest BCUT2D eigenvalue weighted by Crippen LogP contribution is -2.16. The summed E-state index contributed by atoms with van der Waals surface area (Å²) in [7, 11) is 0. The maximum Gasteiger partial charge on any atom is 0.220 e. The first-order valence-corrected chi connectivity index (χ1v) is 9.42. The van der Waals surface area contributed by atoms with Gasteiger partial charge >= 0.3 is 0 Å². The zero-order valence-corrected chi connectivity index (χ0v) is 15.6. The van der Waals surface area contributed by atoms with Crippen molar-refractivity contribution in [3.63, 3.8) is 0 Å². The molecule has 4 N–H and O–H groups in total. The molecule has 0 radical (unpaired) electrons. The Bertz CT molecular complexity index is 1240. The van der Waals surface area contributed by atoms with E-state index in [1.54, 1.807) is 6.07 Å². The number of halogens is 1. The SMILES string of the molecule is Nc1nc(C2NCc3ccccc32)c2cc(-c3ccc(F)cc3CO)ccc2n1. The Morgan fingerprint density at radius 1 is 1.07 bits per heavy atom. The third-order valence-electron chi connectivity index (χ3n) is 5.43. The van der Waals surface area contributed by atoms with Crippen LogP contribution in [0.5, 0.6) is 0 Å². The van der Waals surface area contributed by atoms with Crippen molar-refractivity contribution in [3.8, 4) is 11.1 Å². The van der Waals surface area contributed by atoms with Crippen molar-refractivity contribution in [1.82, 2.24) is 15.3 Å². The fraction of sp³-hybridized carbons (Fsp3) is 0.130. The van der Waals surface area contributed by atoms with Gasteiger partial charge in [0.2, 0.25) is 5.95 Å². The fourth-order valence-electron chi connectivity index (χ4n) is 4.08. The molecule has 0 spiro atoms. The molecule has 3 aromatic carbocycles. The second-order valence-electron chi connectivity index (χ2n) is 7.17. The molecule has 0 fully saturated rings. The van der Waals surface area contributed by atoms with Gasteiger partial charge in [-0.3, -0.25) is 0 Å². The van der Waals surface area contributed by atoms with Gasteiger partial charge < -0.3 is 16.2 Å². The average Bonchev–Trinajstić information content (AvgIpc) is 3.17. The second kappa shape index (κ2) is 6.92. The molecule has 1 atom stereocenters. The van der Waals surface area contributed by atoms with E-state index in [0.29, 0.717) is 5.56 Å². The van der Waals surface area contributed by atoms with Crippen molar-refractivity contribution in [2.75, 3.05) is 5.73 Å². The monoisotopic (exact) mass is 386 g/mol. The van der Waals surface area contributed by atoms with E-state index in [-0.39, 0.29) is 24.4 Å². The predicted molar refractivity (Wildman–Crippen MR) is 110 cm³/mol. The number of hydrogen-bond acceptors (Lipinski definition) is 5. The Morgan fingerprint density at radius 3 is 2.79 bits per heavy atom. The van der Waals surface area contributed by atoms with E-state index in [2.05, 4.69) is 27.4 Å². The number of nitrogens with one attached hydrogen (secondary N) is 1. The Kier molecular flexibility index (Phi) is 4.23. The molecular formula is C23H19FN4O. The van der Waals surface area contributed by atoms with Crippen molar-refractivity contribution in [2.45, 2.75) is 19.2 Å². The first-order chi connectivity index (χ1) is 14.1. The van der Waals surface area contributed by atoms with Crippen LogP contribution in [-0.4, -0.2) is 15.1 Å². The summed E-state index contributed by atoms with van der Waals surface area (Å²) in [4.78, 5) is 8.95. The summed E-state index contributed by atoms with van der Waals surface area (Å²) in [5, 5.41) is 14.1. The Labute approximate surface area is 167 Å².